The molecule has 0 rings (SSSR count). The van der Waals surface area contributed by atoms with Gasteiger partial charge in [0.05, 0.1) is 24.7 Å². The van der Waals surface area contributed by atoms with Crippen molar-refractivity contribution in [3.63, 3.8) is 0 Å². The number of hydrogen-bond donors (Lipinski definition) is 3. The maximum atomic E-state index is 10.8. The van der Waals surface area contributed by atoms with Gasteiger partial charge in [-0.1, -0.05) is 0 Å². The molecule has 0 fully saturated rings. The Morgan fingerprint density at radius 2 is 2.06 bits per heavy atom. The Labute approximate surface area is 103 Å². The summed E-state index contributed by atoms with van der Waals surface area (Å²) in [7, 11) is 0. The molecule has 0 spiro atoms. The number of primary amides is 1. The minimum atomic E-state index is -0.524. The fourth-order valence-electron chi connectivity index (χ4n) is 1.55. The van der Waals surface area contributed by atoms with Crippen molar-refractivity contribution in [1.82, 2.24) is 5.43 Å². The fraction of sp³-hybridized carbons (Fsp3) is 0.909. The zero-order valence-corrected chi connectivity index (χ0v) is 11.0. The SMILES string of the molecule is CC(CCOCCNN)OC(C)(C)CC(N)=O. The van der Waals surface area contributed by atoms with Gasteiger partial charge < -0.3 is 15.2 Å². The van der Waals surface area contributed by atoms with Gasteiger partial charge in [0.25, 0.3) is 0 Å². The molecule has 0 aromatic carbocycles. The summed E-state index contributed by atoms with van der Waals surface area (Å²) in [4.78, 5) is 10.8. The predicted molar refractivity (Wildman–Crippen MR) is 66.1 cm³/mol. The second kappa shape index (κ2) is 8.41. The number of amides is 1. The molecule has 0 aromatic heterocycles. The summed E-state index contributed by atoms with van der Waals surface area (Å²) in [5, 5.41) is 0. The number of hydrazine groups is 1. The molecular formula is C11H25N3O3. The first kappa shape index (κ1) is 16.3. The molecule has 0 bridgehead atoms. The smallest absolute Gasteiger partial charge is 0.220 e. The summed E-state index contributed by atoms with van der Waals surface area (Å²) in [6, 6.07) is 0. The molecule has 0 aromatic rings. The Balaban J connectivity index is 3.69. The van der Waals surface area contributed by atoms with E-state index in [4.69, 9.17) is 21.1 Å². The average Bonchev–Trinajstić information content (AvgIpc) is 2.14. The molecule has 6 nitrogen and oxygen atoms in total. The molecule has 5 N–H and O–H groups in total. The summed E-state index contributed by atoms with van der Waals surface area (Å²) >= 11 is 0. The monoisotopic (exact) mass is 247 g/mol. The van der Waals surface area contributed by atoms with E-state index in [0.717, 1.165) is 6.42 Å². The maximum Gasteiger partial charge on any atom is 0.220 e. The Kier molecular flexibility index (Phi) is 8.07. The van der Waals surface area contributed by atoms with Crippen LogP contribution in [0, 0.1) is 0 Å². The highest BCUT2D eigenvalue weighted by molar-refractivity contribution is 5.74. The normalized spacial score (nSPS) is 13.6. The van der Waals surface area contributed by atoms with Crippen LogP contribution in [0.4, 0.5) is 0 Å². The predicted octanol–water partition coefficient (Wildman–Crippen LogP) is -0.0845. The lowest BCUT2D eigenvalue weighted by atomic mass is 10.0. The van der Waals surface area contributed by atoms with E-state index in [2.05, 4.69) is 5.43 Å². The van der Waals surface area contributed by atoms with Crippen molar-refractivity contribution < 1.29 is 14.3 Å². The summed E-state index contributed by atoms with van der Waals surface area (Å²) in [5.41, 5.74) is 7.13. The van der Waals surface area contributed by atoms with Crippen molar-refractivity contribution in [3.8, 4) is 0 Å². The molecule has 0 radical (unpaired) electrons. The molecule has 102 valence electrons. The van der Waals surface area contributed by atoms with E-state index >= 15 is 0 Å². The first-order valence-corrected chi connectivity index (χ1v) is 5.84. The van der Waals surface area contributed by atoms with Gasteiger partial charge in [-0.2, -0.15) is 0 Å². The van der Waals surface area contributed by atoms with Crippen molar-refractivity contribution in [3.05, 3.63) is 0 Å². The van der Waals surface area contributed by atoms with Crippen molar-refractivity contribution >= 4 is 5.91 Å². The van der Waals surface area contributed by atoms with E-state index in [0.29, 0.717) is 19.8 Å². The van der Waals surface area contributed by atoms with Crippen LogP contribution in [0.1, 0.15) is 33.6 Å². The Morgan fingerprint density at radius 1 is 1.41 bits per heavy atom. The van der Waals surface area contributed by atoms with Crippen molar-refractivity contribution in [2.24, 2.45) is 11.6 Å². The molecule has 1 atom stereocenters. The lowest BCUT2D eigenvalue weighted by molar-refractivity contribution is -0.128. The highest BCUT2D eigenvalue weighted by Crippen LogP contribution is 2.17. The summed E-state index contributed by atoms with van der Waals surface area (Å²) < 4.78 is 11.1. The average molecular weight is 247 g/mol. The van der Waals surface area contributed by atoms with Gasteiger partial charge in [0, 0.05) is 13.2 Å². The maximum absolute atomic E-state index is 10.8. The minimum Gasteiger partial charge on any atom is -0.380 e. The zero-order valence-electron chi connectivity index (χ0n) is 11.0. The molecule has 1 unspecified atom stereocenters. The lowest BCUT2D eigenvalue weighted by Crippen LogP contribution is -2.34. The Hall–Kier alpha value is -0.690. The fourth-order valence-corrected chi connectivity index (χ4v) is 1.55. The molecule has 1 amide bonds. The minimum absolute atomic E-state index is 0.0233. The number of nitrogens with one attached hydrogen (secondary N) is 1. The van der Waals surface area contributed by atoms with Gasteiger partial charge in [-0.3, -0.25) is 16.1 Å². The number of nitrogens with two attached hydrogens (primary N) is 2. The van der Waals surface area contributed by atoms with Gasteiger partial charge in [0.15, 0.2) is 0 Å². The first-order chi connectivity index (χ1) is 7.87. The second-order valence-electron chi connectivity index (χ2n) is 4.69. The highest BCUT2D eigenvalue weighted by Gasteiger charge is 2.23. The summed E-state index contributed by atoms with van der Waals surface area (Å²) in [6.07, 6.45) is 1.01. The molecule has 0 aliphatic carbocycles. The van der Waals surface area contributed by atoms with Crippen LogP contribution < -0.4 is 17.0 Å². The van der Waals surface area contributed by atoms with Crippen molar-refractivity contribution in [2.45, 2.75) is 45.3 Å². The topological polar surface area (TPSA) is 99.6 Å². The number of carbonyl (C=O) groups is 1. The zero-order chi connectivity index (χ0) is 13.3. The van der Waals surface area contributed by atoms with Crippen LogP contribution in [0.25, 0.3) is 0 Å². The van der Waals surface area contributed by atoms with Crippen LogP contribution in [0.3, 0.4) is 0 Å². The number of carbonyl (C=O) groups excluding carboxylic acids is 1. The van der Waals surface area contributed by atoms with E-state index in [1.807, 2.05) is 20.8 Å². The first-order valence-electron chi connectivity index (χ1n) is 5.84. The molecule has 0 saturated carbocycles. The third kappa shape index (κ3) is 10.2. The van der Waals surface area contributed by atoms with E-state index in [9.17, 15) is 4.79 Å². The van der Waals surface area contributed by atoms with E-state index in [1.165, 1.54) is 0 Å². The van der Waals surface area contributed by atoms with Gasteiger partial charge >= 0.3 is 0 Å². The summed E-state index contributed by atoms with van der Waals surface area (Å²) in [6.45, 7) is 7.47. The molecule has 0 aliphatic rings. The Bertz CT molecular complexity index is 222. The van der Waals surface area contributed by atoms with Gasteiger partial charge in [-0.05, 0) is 27.2 Å². The van der Waals surface area contributed by atoms with Gasteiger partial charge in [-0.25, -0.2) is 0 Å². The van der Waals surface area contributed by atoms with Crippen LogP contribution >= 0.6 is 0 Å². The third-order valence-electron chi connectivity index (χ3n) is 2.18. The number of hydrogen-bond acceptors (Lipinski definition) is 5. The molecule has 0 aliphatic heterocycles. The van der Waals surface area contributed by atoms with Crippen LogP contribution in [0.5, 0.6) is 0 Å². The number of ether oxygens (including phenoxy) is 2. The number of rotatable bonds is 10. The largest absolute Gasteiger partial charge is 0.380 e. The molecule has 0 saturated heterocycles. The van der Waals surface area contributed by atoms with E-state index in [-0.39, 0.29) is 18.4 Å². The quantitative estimate of drug-likeness (QED) is 0.285. The molecule has 0 heterocycles. The van der Waals surface area contributed by atoms with Crippen LogP contribution in [0.15, 0.2) is 0 Å². The van der Waals surface area contributed by atoms with Crippen LogP contribution in [-0.2, 0) is 14.3 Å². The van der Waals surface area contributed by atoms with E-state index in [1.54, 1.807) is 0 Å². The lowest BCUT2D eigenvalue weighted by Gasteiger charge is -2.28. The van der Waals surface area contributed by atoms with Gasteiger partial charge in [-0.15, -0.1) is 0 Å². The van der Waals surface area contributed by atoms with Crippen LogP contribution in [-0.4, -0.2) is 37.4 Å². The molecular weight excluding hydrogens is 222 g/mol. The third-order valence-corrected chi connectivity index (χ3v) is 2.18. The van der Waals surface area contributed by atoms with Crippen molar-refractivity contribution in [2.75, 3.05) is 19.8 Å². The van der Waals surface area contributed by atoms with E-state index < -0.39 is 5.60 Å². The molecule has 6 heteroatoms. The standard InChI is InChI=1S/C11H25N3O3/c1-9(4-6-16-7-5-14-13)17-11(2,3)8-10(12)15/h9,14H,4-8,13H2,1-3H3,(H2,12,15). The van der Waals surface area contributed by atoms with Crippen LogP contribution in [0.2, 0.25) is 0 Å². The molecule has 17 heavy (non-hydrogen) atoms. The highest BCUT2D eigenvalue weighted by atomic mass is 16.5. The van der Waals surface area contributed by atoms with Gasteiger partial charge in [0.2, 0.25) is 5.91 Å². The second-order valence-corrected chi connectivity index (χ2v) is 4.69. The van der Waals surface area contributed by atoms with Crippen molar-refractivity contribution in [1.29, 1.82) is 0 Å². The van der Waals surface area contributed by atoms with Gasteiger partial charge in [0.1, 0.15) is 0 Å². The summed E-state index contributed by atoms with van der Waals surface area (Å²) in [5.74, 6) is 4.75. The Morgan fingerprint density at radius 3 is 2.59 bits per heavy atom.